The highest BCUT2D eigenvalue weighted by molar-refractivity contribution is 5.83. The molecule has 3 aromatic rings. The van der Waals surface area contributed by atoms with Gasteiger partial charge in [-0.15, -0.1) is 0 Å². The van der Waals surface area contributed by atoms with E-state index in [1.165, 1.54) is 590 Å². The third-order valence-corrected chi connectivity index (χ3v) is 29.6. The van der Waals surface area contributed by atoms with Crippen LogP contribution >= 0.6 is 0 Å². The summed E-state index contributed by atoms with van der Waals surface area (Å²) in [6.45, 7) is 20.5. The van der Waals surface area contributed by atoms with Crippen molar-refractivity contribution in [2.24, 2.45) is 5.16 Å². The van der Waals surface area contributed by atoms with E-state index in [1.807, 2.05) is 18.2 Å². The van der Waals surface area contributed by atoms with E-state index in [9.17, 15) is 5.21 Å². The van der Waals surface area contributed by atoms with Crippen LogP contribution in [0, 0.1) is 6.92 Å². The Balaban J connectivity index is 0.000000961. The summed E-state index contributed by atoms with van der Waals surface area (Å²) in [5, 5.41) is 12.7. The zero-order valence-corrected chi connectivity index (χ0v) is 95.1. The predicted octanol–water partition coefficient (Wildman–Crippen LogP) is 44.9. The van der Waals surface area contributed by atoms with Crippen LogP contribution in [-0.4, -0.2) is 58.2 Å². The van der Waals surface area contributed by atoms with Crippen molar-refractivity contribution >= 4 is 6.21 Å². The van der Waals surface area contributed by atoms with Crippen molar-refractivity contribution in [1.82, 2.24) is 0 Å². The van der Waals surface area contributed by atoms with Crippen molar-refractivity contribution in [2.45, 2.75) is 671 Å². The van der Waals surface area contributed by atoms with Crippen LogP contribution in [0.15, 0.2) is 47.6 Å². The average Bonchev–Trinajstić information content (AvgIpc) is 0.808. The zero-order valence-electron chi connectivity index (χ0n) is 95.1. The molecule has 10 nitrogen and oxygen atoms in total. The van der Waals surface area contributed by atoms with Gasteiger partial charge in [-0.1, -0.05) is 625 Å². The zero-order chi connectivity index (χ0) is 100. The second kappa shape index (κ2) is 109. The van der Waals surface area contributed by atoms with Crippen molar-refractivity contribution < 1.29 is 43.1 Å². The summed E-state index contributed by atoms with van der Waals surface area (Å²) in [6, 6.07) is 14.0. The lowest BCUT2D eigenvalue weighted by Crippen LogP contribution is -2.08. The lowest BCUT2D eigenvalue weighted by molar-refractivity contribution is 0.232. The molecular weight excluding hydrogens is 1720 g/mol. The van der Waals surface area contributed by atoms with Crippen LogP contribution in [0.3, 0.4) is 0 Å². The maximum Gasteiger partial charge on any atom is 0.203 e. The summed E-state index contributed by atoms with van der Waals surface area (Å²) < 4.78 is 51.5. The van der Waals surface area contributed by atoms with E-state index in [-0.39, 0.29) is 6.61 Å². The van der Waals surface area contributed by atoms with E-state index in [2.05, 4.69) is 77.9 Å². The first-order valence-electron chi connectivity index (χ1n) is 63.0. The largest absolute Gasteiger partial charge is 0.497 e. The molecule has 0 heterocycles. The number of aryl methyl sites for hydroxylation is 1. The van der Waals surface area contributed by atoms with Crippen LogP contribution < -0.4 is 37.9 Å². The predicted molar refractivity (Wildman–Crippen MR) is 615 cm³/mol. The summed E-state index contributed by atoms with van der Waals surface area (Å²) in [5.74, 6) is 6.08. The van der Waals surface area contributed by atoms with Gasteiger partial charge in [0.25, 0.3) is 0 Å². The Kier molecular flexibility index (Phi) is 102. The summed E-state index contributed by atoms with van der Waals surface area (Å²) in [6.07, 6.45) is 133. The normalized spacial score (nSPS) is 11.5. The fourth-order valence-electron chi connectivity index (χ4n) is 20.2. The molecule has 1 N–H and O–H groups in total. The molecule has 0 unspecified atom stereocenters. The van der Waals surface area contributed by atoms with Crippen LogP contribution in [0.25, 0.3) is 0 Å². The molecule has 0 aliphatic rings. The second-order valence-corrected chi connectivity index (χ2v) is 43.4. The number of rotatable bonds is 113. The molecule has 0 radical (unpaired) electrons. The Morgan fingerprint density at radius 1 is 0.200 bits per heavy atom. The maximum absolute atomic E-state index is 9.39. The summed E-state index contributed by atoms with van der Waals surface area (Å²) >= 11 is 0. The number of ether oxygens (including phenoxy) is 8. The molecule has 3 aromatic carbocycles. The van der Waals surface area contributed by atoms with Gasteiger partial charge in [0.2, 0.25) is 11.5 Å². The lowest BCUT2D eigenvalue weighted by atomic mass is 10.0. The third-order valence-electron chi connectivity index (χ3n) is 29.6. The molecule has 140 heavy (non-hydrogen) atoms. The van der Waals surface area contributed by atoms with Crippen molar-refractivity contribution in [2.75, 3.05) is 46.8 Å². The van der Waals surface area contributed by atoms with Crippen LogP contribution in [0.2, 0.25) is 0 Å². The molecule has 0 saturated heterocycles. The first-order valence-corrected chi connectivity index (χ1v) is 63.0. The molecule has 0 aliphatic carbocycles. The molecule has 0 amide bonds. The number of benzene rings is 3. The molecule has 0 aromatic heterocycles. The highest BCUT2D eigenvalue weighted by atomic mass is 16.6. The molecule has 3 rings (SSSR count). The topological polar surface area (TPSA) is 106 Å². The maximum atomic E-state index is 9.39. The minimum absolute atomic E-state index is 0.281. The average molecular weight is 1960 g/mol. The van der Waals surface area contributed by atoms with Crippen LogP contribution in [0.4, 0.5) is 0 Å². The SMILES string of the molecule is CCCCCCCCCCCCCCCCCCOc1cc(C)cc(OCCCCCCCCCCCCCCCCCC)c1OCCCCCCCCCCCCCCCCCC.CCCCCCCCCCCCCCCCCCOc1cc(COc2cc(OC)ccc2C=NO)cc(OCCCCCCCCCCCCCCCCCC)c1OCCCCCCCCCCCCCCCCCC. The molecule has 0 fully saturated rings. The molecule has 818 valence electrons. The van der Waals surface area contributed by atoms with E-state index in [0.717, 1.165) is 98.4 Å². The highest BCUT2D eigenvalue weighted by Gasteiger charge is 2.20. The Morgan fingerprint density at radius 2 is 0.371 bits per heavy atom. The molecule has 0 spiro atoms. The van der Waals surface area contributed by atoms with E-state index < -0.39 is 0 Å². The minimum Gasteiger partial charge on any atom is -0.497 e. The summed E-state index contributed by atoms with van der Waals surface area (Å²) in [5.41, 5.74) is 2.80. The molecular formula is C130H239NO9. The van der Waals surface area contributed by atoms with Crippen LogP contribution in [0.1, 0.15) is 675 Å². The molecule has 0 bridgehead atoms. The van der Waals surface area contributed by atoms with Crippen molar-refractivity contribution in [3.05, 3.63) is 59.2 Å². The fourth-order valence-corrected chi connectivity index (χ4v) is 20.2. The van der Waals surface area contributed by atoms with Gasteiger partial charge in [-0.05, 0) is 93.0 Å². The Morgan fingerprint density at radius 3 is 0.550 bits per heavy atom. The van der Waals surface area contributed by atoms with E-state index in [4.69, 9.17) is 37.9 Å². The standard InChI is InChI=1S/C69H123NO6.C61H116O3/c1-5-8-11-14-17-20-23-26-29-32-35-38-41-44-47-50-55-73-67-58-63(62-76-66-60-65(72-4)54-53-64(66)61-70-71)59-68(74-56-51-48-45-42-39-36-33-30-27-24-21-18-15-12-9-6-2)69(67)75-57-52-49-46-43-40-37-34-31-28-25-22-19-16-13-10-7-3;1-5-8-11-14-17-20-23-26-29-32-35-38-41-44-47-50-53-62-59-56-58(4)57-60(63-54-51-48-45-42-39-36-33-30-27-24-21-18-15-12-9-6-2)61(59)64-55-52-49-46-43-40-37-34-31-28-25-22-19-16-13-10-7-3/h53-54,58-61,71H,5-52,55-57,62H2,1-4H3;56-57H,5-55H2,1-4H3. The van der Waals surface area contributed by atoms with Gasteiger partial charge in [0.15, 0.2) is 23.0 Å². The van der Waals surface area contributed by atoms with Crippen molar-refractivity contribution in [3.63, 3.8) is 0 Å². The van der Waals surface area contributed by atoms with E-state index in [0.29, 0.717) is 36.9 Å². The number of unbranched alkanes of at least 4 members (excludes halogenated alkanes) is 90. The van der Waals surface area contributed by atoms with Crippen LogP contribution in [0.5, 0.6) is 46.0 Å². The van der Waals surface area contributed by atoms with Crippen molar-refractivity contribution in [3.8, 4) is 46.0 Å². The highest BCUT2D eigenvalue weighted by Crippen LogP contribution is 2.42. The van der Waals surface area contributed by atoms with Gasteiger partial charge < -0.3 is 43.1 Å². The van der Waals surface area contributed by atoms with Gasteiger partial charge in [-0.2, -0.15) is 0 Å². The van der Waals surface area contributed by atoms with Gasteiger partial charge in [-0.25, -0.2) is 0 Å². The minimum atomic E-state index is 0.281. The van der Waals surface area contributed by atoms with Gasteiger partial charge in [0.05, 0.1) is 53.0 Å². The van der Waals surface area contributed by atoms with Gasteiger partial charge in [0, 0.05) is 11.6 Å². The number of nitrogens with zero attached hydrogens (tertiary/aromatic N) is 1. The van der Waals surface area contributed by atoms with Gasteiger partial charge in [0.1, 0.15) is 18.1 Å². The van der Waals surface area contributed by atoms with Crippen LogP contribution in [-0.2, 0) is 6.61 Å². The van der Waals surface area contributed by atoms with Gasteiger partial charge in [-0.3, -0.25) is 0 Å². The van der Waals surface area contributed by atoms with E-state index in [1.54, 1.807) is 7.11 Å². The Bertz CT molecular complexity index is 2870. The summed E-state index contributed by atoms with van der Waals surface area (Å²) in [7, 11) is 1.64. The number of hydrogen-bond donors (Lipinski definition) is 1. The molecule has 0 saturated carbocycles. The first kappa shape index (κ1) is 132. The quantitative estimate of drug-likeness (QED) is 0.0256. The molecule has 0 atom stereocenters. The number of oxime groups is 1. The first-order chi connectivity index (χ1) is 69.4. The monoisotopic (exact) mass is 1960 g/mol. The second-order valence-electron chi connectivity index (χ2n) is 43.4. The fraction of sp³-hybridized carbons (Fsp3) is 0.854. The van der Waals surface area contributed by atoms with E-state index >= 15 is 0 Å². The van der Waals surface area contributed by atoms with Crippen molar-refractivity contribution in [1.29, 1.82) is 0 Å². The Labute approximate surface area is 872 Å². The molecule has 0 aliphatic heterocycles. The van der Waals surface area contributed by atoms with Gasteiger partial charge >= 0.3 is 0 Å². The lowest BCUT2D eigenvalue weighted by Gasteiger charge is -2.19. The number of hydrogen-bond acceptors (Lipinski definition) is 10. The smallest absolute Gasteiger partial charge is 0.203 e. The third kappa shape index (κ3) is 86.6. The summed E-state index contributed by atoms with van der Waals surface area (Å²) in [4.78, 5) is 0. The number of methoxy groups -OCH3 is 1. The Hall–Kier alpha value is -4.47. The molecule has 10 heteroatoms.